The Balaban J connectivity index is 2.31. The van der Waals surface area contributed by atoms with Gasteiger partial charge in [0.25, 0.3) is 0 Å². The first-order valence-electron chi connectivity index (χ1n) is 6.68. The van der Waals surface area contributed by atoms with Gasteiger partial charge < -0.3 is 10.5 Å². The molecule has 0 aliphatic carbocycles. The Bertz CT molecular complexity index is 409. The molecule has 0 saturated carbocycles. The second-order valence-electron chi connectivity index (χ2n) is 5.27. The number of nitrogens with two attached hydrogens (primary N) is 1. The second kappa shape index (κ2) is 5.37. The van der Waals surface area contributed by atoms with Crippen LogP contribution in [0, 0.1) is 25.6 Å². The van der Waals surface area contributed by atoms with Crippen LogP contribution in [0.2, 0.25) is 0 Å². The smallest absolute Gasteiger partial charge is 0.128 e. The Kier molecular flexibility index (Phi) is 4.03. The van der Waals surface area contributed by atoms with Crippen LogP contribution < -0.4 is 5.73 Å². The van der Waals surface area contributed by atoms with Crippen LogP contribution in [-0.2, 0) is 4.74 Å². The lowest BCUT2D eigenvalue weighted by Crippen LogP contribution is -2.29. The van der Waals surface area contributed by atoms with Crippen LogP contribution in [-0.4, -0.2) is 12.7 Å². The summed E-state index contributed by atoms with van der Waals surface area (Å²) in [5.74, 6) is 0.0488. The van der Waals surface area contributed by atoms with E-state index < -0.39 is 0 Å². The van der Waals surface area contributed by atoms with Gasteiger partial charge in [0.05, 0.1) is 6.10 Å². The van der Waals surface area contributed by atoms with Crippen LogP contribution in [0.15, 0.2) is 12.1 Å². The zero-order valence-corrected chi connectivity index (χ0v) is 11.4. The van der Waals surface area contributed by atoms with E-state index in [1.165, 1.54) is 0 Å². The van der Waals surface area contributed by atoms with E-state index in [4.69, 9.17) is 10.5 Å². The fourth-order valence-corrected chi connectivity index (χ4v) is 3.06. The minimum Gasteiger partial charge on any atom is -0.378 e. The molecule has 1 aromatic rings. The highest BCUT2D eigenvalue weighted by atomic mass is 19.1. The summed E-state index contributed by atoms with van der Waals surface area (Å²) in [5, 5.41) is 0. The van der Waals surface area contributed by atoms with E-state index in [0.717, 1.165) is 30.6 Å². The summed E-state index contributed by atoms with van der Waals surface area (Å²) in [6, 6.07) is 3.30. The van der Waals surface area contributed by atoms with Crippen molar-refractivity contribution < 1.29 is 9.13 Å². The van der Waals surface area contributed by atoms with Gasteiger partial charge in [-0.05, 0) is 43.9 Å². The van der Waals surface area contributed by atoms with E-state index in [1.807, 2.05) is 19.9 Å². The number of halogens is 1. The Hall–Kier alpha value is -0.930. The number of hydrogen-bond donors (Lipinski definition) is 1. The van der Waals surface area contributed by atoms with Gasteiger partial charge in [-0.15, -0.1) is 0 Å². The lowest BCUT2D eigenvalue weighted by atomic mass is 9.85. The van der Waals surface area contributed by atoms with E-state index in [1.54, 1.807) is 6.07 Å². The summed E-state index contributed by atoms with van der Waals surface area (Å²) < 4.78 is 19.8. The molecule has 3 unspecified atom stereocenters. The Morgan fingerprint density at radius 2 is 2.17 bits per heavy atom. The third kappa shape index (κ3) is 2.43. The van der Waals surface area contributed by atoms with Gasteiger partial charge in [0, 0.05) is 24.1 Å². The molecule has 2 N–H and O–H groups in total. The normalized spacial score (nSPS) is 25.4. The van der Waals surface area contributed by atoms with Gasteiger partial charge in [0.2, 0.25) is 0 Å². The highest BCUT2D eigenvalue weighted by Gasteiger charge is 2.34. The average Bonchev–Trinajstić information content (AvgIpc) is 2.75. The van der Waals surface area contributed by atoms with Gasteiger partial charge in [-0.1, -0.05) is 13.0 Å². The average molecular weight is 251 g/mol. The number of ether oxygens (including phenoxy) is 1. The SMILES string of the molecule is CCC1OCCC1C(N)c1c(C)cc(C)cc1F. The minimum atomic E-state index is -0.266. The molecule has 2 nitrogen and oxygen atoms in total. The molecule has 1 fully saturated rings. The number of benzene rings is 1. The summed E-state index contributed by atoms with van der Waals surface area (Å²) >= 11 is 0. The lowest BCUT2D eigenvalue weighted by molar-refractivity contribution is 0.0810. The van der Waals surface area contributed by atoms with E-state index in [9.17, 15) is 4.39 Å². The molecule has 3 atom stereocenters. The highest BCUT2D eigenvalue weighted by molar-refractivity contribution is 5.34. The van der Waals surface area contributed by atoms with Crippen molar-refractivity contribution in [1.29, 1.82) is 0 Å². The summed E-state index contributed by atoms with van der Waals surface area (Å²) in [6.45, 7) is 6.67. The molecule has 1 aliphatic heterocycles. The topological polar surface area (TPSA) is 35.2 Å². The van der Waals surface area contributed by atoms with Crippen molar-refractivity contribution in [3.05, 3.63) is 34.6 Å². The first-order chi connectivity index (χ1) is 8.54. The van der Waals surface area contributed by atoms with Crippen LogP contribution in [0.25, 0.3) is 0 Å². The summed E-state index contributed by atoms with van der Waals surface area (Å²) in [6.07, 6.45) is 2.03. The molecule has 100 valence electrons. The van der Waals surface area contributed by atoms with Crippen molar-refractivity contribution >= 4 is 0 Å². The van der Waals surface area contributed by atoms with Gasteiger partial charge >= 0.3 is 0 Å². The van der Waals surface area contributed by atoms with Crippen molar-refractivity contribution in [2.24, 2.45) is 11.7 Å². The minimum absolute atomic E-state index is 0.167. The fourth-order valence-electron chi connectivity index (χ4n) is 3.06. The molecule has 0 spiro atoms. The molecule has 1 saturated heterocycles. The maximum absolute atomic E-state index is 14.1. The lowest BCUT2D eigenvalue weighted by Gasteiger charge is -2.26. The molecule has 1 heterocycles. The Morgan fingerprint density at radius 3 is 2.78 bits per heavy atom. The van der Waals surface area contributed by atoms with Crippen molar-refractivity contribution in [3.8, 4) is 0 Å². The summed E-state index contributed by atoms with van der Waals surface area (Å²) in [4.78, 5) is 0. The van der Waals surface area contributed by atoms with Crippen molar-refractivity contribution in [3.63, 3.8) is 0 Å². The van der Waals surface area contributed by atoms with E-state index >= 15 is 0 Å². The van der Waals surface area contributed by atoms with Crippen LogP contribution >= 0.6 is 0 Å². The maximum Gasteiger partial charge on any atom is 0.128 e. The van der Waals surface area contributed by atoms with E-state index in [2.05, 4.69) is 6.92 Å². The highest BCUT2D eigenvalue weighted by Crippen LogP contribution is 2.35. The predicted octanol–water partition coefficient (Wildman–Crippen LogP) is 3.26. The number of hydrogen-bond acceptors (Lipinski definition) is 2. The molecule has 3 heteroatoms. The molecule has 0 bridgehead atoms. The Labute approximate surface area is 108 Å². The van der Waals surface area contributed by atoms with Gasteiger partial charge in [0.1, 0.15) is 5.82 Å². The van der Waals surface area contributed by atoms with Gasteiger partial charge in [-0.25, -0.2) is 4.39 Å². The van der Waals surface area contributed by atoms with Crippen molar-refractivity contribution in [2.75, 3.05) is 6.61 Å². The third-order valence-corrected chi connectivity index (χ3v) is 3.94. The first kappa shape index (κ1) is 13.5. The van der Waals surface area contributed by atoms with Crippen molar-refractivity contribution in [2.45, 2.75) is 45.8 Å². The molecule has 0 amide bonds. The monoisotopic (exact) mass is 251 g/mol. The van der Waals surface area contributed by atoms with E-state index in [0.29, 0.717) is 5.56 Å². The third-order valence-electron chi connectivity index (χ3n) is 3.94. The maximum atomic E-state index is 14.1. The molecule has 18 heavy (non-hydrogen) atoms. The molecular formula is C15H22FNO. The van der Waals surface area contributed by atoms with Crippen molar-refractivity contribution in [1.82, 2.24) is 0 Å². The van der Waals surface area contributed by atoms with Gasteiger partial charge in [-0.3, -0.25) is 0 Å². The second-order valence-corrected chi connectivity index (χ2v) is 5.27. The molecular weight excluding hydrogens is 229 g/mol. The van der Waals surface area contributed by atoms with Crippen LogP contribution in [0.4, 0.5) is 4.39 Å². The van der Waals surface area contributed by atoms with Gasteiger partial charge in [0.15, 0.2) is 0 Å². The van der Waals surface area contributed by atoms with Crippen LogP contribution in [0.3, 0.4) is 0 Å². The fraction of sp³-hybridized carbons (Fsp3) is 0.600. The Morgan fingerprint density at radius 1 is 1.44 bits per heavy atom. The molecule has 1 aliphatic rings. The molecule has 0 radical (unpaired) electrons. The standard InChI is InChI=1S/C15H22FNO/c1-4-13-11(5-6-18-13)15(17)14-10(3)7-9(2)8-12(14)16/h7-8,11,13,15H,4-6,17H2,1-3H3. The molecule has 2 rings (SSSR count). The number of aryl methyl sites for hydroxylation is 2. The van der Waals surface area contributed by atoms with Crippen LogP contribution in [0.1, 0.15) is 42.5 Å². The molecule has 0 aromatic heterocycles. The zero-order valence-electron chi connectivity index (χ0n) is 11.4. The molecule has 1 aromatic carbocycles. The zero-order chi connectivity index (χ0) is 13.3. The van der Waals surface area contributed by atoms with E-state index in [-0.39, 0.29) is 23.9 Å². The number of rotatable bonds is 3. The first-order valence-corrected chi connectivity index (χ1v) is 6.68. The quantitative estimate of drug-likeness (QED) is 0.895. The summed E-state index contributed by atoms with van der Waals surface area (Å²) in [7, 11) is 0. The van der Waals surface area contributed by atoms with Crippen LogP contribution in [0.5, 0.6) is 0 Å². The summed E-state index contributed by atoms with van der Waals surface area (Å²) in [5.41, 5.74) is 8.85. The largest absolute Gasteiger partial charge is 0.378 e. The predicted molar refractivity (Wildman–Crippen MR) is 70.9 cm³/mol. The van der Waals surface area contributed by atoms with Gasteiger partial charge in [-0.2, -0.15) is 0 Å².